The number of benzene rings is 2. The molecule has 0 spiro atoms. The van der Waals surface area contributed by atoms with Gasteiger partial charge in [0, 0.05) is 24.0 Å². The molecular formula is C20H21ClN2S. The van der Waals surface area contributed by atoms with Crippen LogP contribution in [0.3, 0.4) is 0 Å². The van der Waals surface area contributed by atoms with E-state index in [-0.39, 0.29) is 0 Å². The summed E-state index contributed by atoms with van der Waals surface area (Å²) in [5.41, 5.74) is 3.49. The minimum Gasteiger partial charge on any atom is -0.300 e. The average Bonchev–Trinajstić information content (AvgIpc) is 3.18. The van der Waals surface area contributed by atoms with Crippen molar-refractivity contribution in [2.45, 2.75) is 32.2 Å². The zero-order chi connectivity index (χ0) is 16.5. The number of nitrogens with zero attached hydrogens (tertiary/aromatic N) is 2. The second-order valence-electron chi connectivity index (χ2n) is 6.57. The van der Waals surface area contributed by atoms with E-state index in [9.17, 15) is 0 Å². The maximum atomic E-state index is 5.98. The number of aromatic nitrogens is 1. The third kappa shape index (κ3) is 3.34. The van der Waals surface area contributed by atoms with Gasteiger partial charge in [0.15, 0.2) is 0 Å². The molecular weight excluding hydrogens is 336 g/mol. The summed E-state index contributed by atoms with van der Waals surface area (Å²) in [7, 11) is 0. The van der Waals surface area contributed by atoms with Crippen LogP contribution in [-0.2, 0) is 6.42 Å². The number of likely N-dealkylation sites (tertiary alicyclic amines) is 1. The lowest BCUT2D eigenvalue weighted by atomic mass is 10.1. The molecule has 1 fully saturated rings. The molecule has 1 saturated heterocycles. The molecule has 0 amide bonds. The summed E-state index contributed by atoms with van der Waals surface area (Å²) < 4.78 is 1.28. The van der Waals surface area contributed by atoms with Crippen LogP contribution in [0, 0.1) is 0 Å². The van der Waals surface area contributed by atoms with Crippen molar-refractivity contribution in [1.82, 2.24) is 9.88 Å². The van der Waals surface area contributed by atoms with Crippen LogP contribution in [0.5, 0.6) is 0 Å². The van der Waals surface area contributed by atoms with E-state index < -0.39 is 0 Å². The second kappa shape index (κ2) is 6.83. The molecule has 1 aliphatic heterocycles. The first-order valence-corrected chi connectivity index (χ1v) is 9.78. The van der Waals surface area contributed by atoms with Crippen molar-refractivity contribution in [3.63, 3.8) is 0 Å². The van der Waals surface area contributed by atoms with Crippen molar-refractivity contribution in [1.29, 1.82) is 0 Å². The molecule has 124 valence electrons. The molecule has 1 aromatic heterocycles. The van der Waals surface area contributed by atoms with Gasteiger partial charge in [-0.1, -0.05) is 29.8 Å². The standard InChI is InChI=1S/C20H21ClN2S/c1-14-3-2-11-23(14)12-10-20-22-18-13-16(6-9-19(18)24-20)15-4-7-17(21)8-5-15/h4-9,13-14H,2-3,10-12H2,1H3/t14-/m1/s1. The van der Waals surface area contributed by atoms with E-state index in [0.29, 0.717) is 0 Å². The lowest BCUT2D eigenvalue weighted by molar-refractivity contribution is 0.272. The highest BCUT2D eigenvalue weighted by atomic mass is 35.5. The van der Waals surface area contributed by atoms with Crippen molar-refractivity contribution in [2.24, 2.45) is 0 Å². The fourth-order valence-electron chi connectivity index (χ4n) is 3.47. The van der Waals surface area contributed by atoms with Gasteiger partial charge in [0.2, 0.25) is 0 Å². The molecule has 2 nitrogen and oxygen atoms in total. The molecule has 0 radical (unpaired) electrons. The zero-order valence-corrected chi connectivity index (χ0v) is 15.4. The highest BCUT2D eigenvalue weighted by Gasteiger charge is 2.20. The van der Waals surface area contributed by atoms with Gasteiger partial charge in [0.1, 0.15) is 0 Å². The number of halogens is 1. The van der Waals surface area contributed by atoms with E-state index in [2.05, 4.69) is 42.2 Å². The Kier molecular flexibility index (Phi) is 4.57. The minimum absolute atomic E-state index is 0.732. The van der Waals surface area contributed by atoms with Gasteiger partial charge >= 0.3 is 0 Å². The molecule has 1 aliphatic rings. The van der Waals surface area contributed by atoms with Crippen molar-refractivity contribution >= 4 is 33.2 Å². The van der Waals surface area contributed by atoms with Gasteiger partial charge in [-0.2, -0.15) is 0 Å². The summed E-state index contributed by atoms with van der Waals surface area (Å²) in [6, 6.07) is 15.3. The van der Waals surface area contributed by atoms with Crippen molar-refractivity contribution in [2.75, 3.05) is 13.1 Å². The van der Waals surface area contributed by atoms with E-state index in [4.69, 9.17) is 16.6 Å². The van der Waals surface area contributed by atoms with E-state index in [1.54, 1.807) is 0 Å². The Morgan fingerprint density at radius 2 is 1.96 bits per heavy atom. The molecule has 2 aromatic carbocycles. The number of rotatable bonds is 4. The third-order valence-corrected chi connectivity index (χ3v) is 6.26. The minimum atomic E-state index is 0.732. The average molecular weight is 357 g/mol. The van der Waals surface area contributed by atoms with Gasteiger partial charge in [-0.25, -0.2) is 4.98 Å². The van der Waals surface area contributed by atoms with E-state index >= 15 is 0 Å². The first kappa shape index (κ1) is 16.1. The van der Waals surface area contributed by atoms with Crippen molar-refractivity contribution in [3.05, 3.63) is 52.5 Å². The quantitative estimate of drug-likeness (QED) is 0.601. The molecule has 0 unspecified atom stereocenters. The Labute approximate surface area is 152 Å². The first-order valence-electron chi connectivity index (χ1n) is 8.58. The van der Waals surface area contributed by atoms with Gasteiger partial charge in [0.05, 0.1) is 15.2 Å². The fraction of sp³-hybridized carbons (Fsp3) is 0.350. The number of hydrogen-bond acceptors (Lipinski definition) is 3. The Morgan fingerprint density at radius 1 is 1.17 bits per heavy atom. The number of thiazole rings is 1. The summed E-state index contributed by atoms with van der Waals surface area (Å²) in [5.74, 6) is 0. The second-order valence-corrected chi connectivity index (χ2v) is 8.13. The Balaban J connectivity index is 1.53. The van der Waals surface area contributed by atoms with Gasteiger partial charge in [-0.15, -0.1) is 11.3 Å². The molecule has 2 heterocycles. The van der Waals surface area contributed by atoms with Crippen molar-refractivity contribution < 1.29 is 0 Å². The molecule has 4 heteroatoms. The summed E-state index contributed by atoms with van der Waals surface area (Å²) in [6.07, 6.45) is 3.73. The lowest BCUT2D eigenvalue weighted by Gasteiger charge is -2.19. The van der Waals surface area contributed by atoms with E-state index in [1.165, 1.54) is 40.2 Å². The predicted molar refractivity (Wildman–Crippen MR) is 104 cm³/mol. The summed E-state index contributed by atoms with van der Waals surface area (Å²) >= 11 is 7.81. The van der Waals surface area contributed by atoms with Crippen LogP contribution in [0.15, 0.2) is 42.5 Å². The molecule has 0 bridgehead atoms. The molecule has 0 aliphatic carbocycles. The highest BCUT2D eigenvalue weighted by molar-refractivity contribution is 7.18. The van der Waals surface area contributed by atoms with Crippen LogP contribution in [0.1, 0.15) is 24.8 Å². The van der Waals surface area contributed by atoms with Crippen LogP contribution >= 0.6 is 22.9 Å². The van der Waals surface area contributed by atoms with Crippen LogP contribution in [-0.4, -0.2) is 29.0 Å². The van der Waals surface area contributed by atoms with Gasteiger partial charge < -0.3 is 4.90 Å². The molecule has 0 saturated carbocycles. The van der Waals surface area contributed by atoms with Crippen LogP contribution < -0.4 is 0 Å². The molecule has 24 heavy (non-hydrogen) atoms. The fourth-order valence-corrected chi connectivity index (χ4v) is 4.53. The third-order valence-electron chi connectivity index (χ3n) is 4.91. The van der Waals surface area contributed by atoms with Crippen LogP contribution in [0.4, 0.5) is 0 Å². The Morgan fingerprint density at radius 3 is 2.71 bits per heavy atom. The van der Waals surface area contributed by atoms with Gasteiger partial charge in [0.25, 0.3) is 0 Å². The number of fused-ring (bicyclic) bond motifs is 1. The van der Waals surface area contributed by atoms with E-state index in [0.717, 1.165) is 29.5 Å². The molecule has 1 atom stereocenters. The number of hydrogen-bond donors (Lipinski definition) is 0. The Bertz CT molecular complexity index is 840. The maximum absolute atomic E-state index is 5.98. The normalized spacial score (nSPS) is 18.5. The smallest absolute Gasteiger partial charge is 0.0951 e. The van der Waals surface area contributed by atoms with Gasteiger partial charge in [-0.05, 0) is 61.7 Å². The van der Waals surface area contributed by atoms with Crippen LogP contribution in [0.2, 0.25) is 5.02 Å². The Hall–Kier alpha value is -1.42. The van der Waals surface area contributed by atoms with E-state index in [1.807, 2.05) is 23.5 Å². The summed E-state index contributed by atoms with van der Waals surface area (Å²) in [4.78, 5) is 7.46. The van der Waals surface area contributed by atoms with Crippen LogP contribution in [0.25, 0.3) is 21.3 Å². The predicted octanol–water partition coefficient (Wildman–Crippen LogP) is 5.64. The molecule has 4 rings (SSSR count). The van der Waals surface area contributed by atoms with Gasteiger partial charge in [-0.3, -0.25) is 0 Å². The van der Waals surface area contributed by atoms with Crippen molar-refractivity contribution in [3.8, 4) is 11.1 Å². The topological polar surface area (TPSA) is 16.1 Å². The summed E-state index contributed by atoms with van der Waals surface area (Å²) in [5, 5.41) is 2.02. The first-order chi connectivity index (χ1) is 11.7. The largest absolute Gasteiger partial charge is 0.300 e. The SMILES string of the molecule is C[C@@H]1CCCN1CCc1nc2cc(-c3ccc(Cl)cc3)ccc2s1. The molecule has 3 aromatic rings. The maximum Gasteiger partial charge on any atom is 0.0951 e. The zero-order valence-electron chi connectivity index (χ0n) is 13.8. The molecule has 0 N–H and O–H groups in total. The summed E-state index contributed by atoms with van der Waals surface area (Å²) in [6.45, 7) is 4.71. The lowest BCUT2D eigenvalue weighted by Crippen LogP contribution is -2.28. The highest BCUT2D eigenvalue weighted by Crippen LogP contribution is 2.29. The monoisotopic (exact) mass is 356 g/mol.